The van der Waals surface area contributed by atoms with Gasteiger partial charge in [0.15, 0.2) is 0 Å². The van der Waals surface area contributed by atoms with Gasteiger partial charge in [-0.05, 0) is 73.7 Å². The molecule has 3 aromatic rings. The summed E-state index contributed by atoms with van der Waals surface area (Å²) in [5.74, 6) is -0.0477. The van der Waals surface area contributed by atoms with Crippen molar-refractivity contribution in [1.29, 1.82) is 0 Å². The molecule has 0 bridgehead atoms. The van der Waals surface area contributed by atoms with Crippen LogP contribution in [0.4, 0.5) is 0 Å². The van der Waals surface area contributed by atoms with Crippen molar-refractivity contribution in [3.8, 4) is 5.75 Å². The quantitative estimate of drug-likeness (QED) is 0.513. The zero-order chi connectivity index (χ0) is 22.4. The van der Waals surface area contributed by atoms with Crippen LogP contribution in [0.3, 0.4) is 0 Å². The number of ether oxygens (including phenoxy) is 1. The van der Waals surface area contributed by atoms with Crippen LogP contribution in [0, 0.1) is 13.8 Å². The highest BCUT2D eigenvalue weighted by molar-refractivity contribution is 7.10. The van der Waals surface area contributed by atoms with Crippen molar-refractivity contribution >= 4 is 29.2 Å². The molecular weight excluding hydrogens is 408 g/mol. The summed E-state index contributed by atoms with van der Waals surface area (Å²) in [7, 11) is 1.57. The van der Waals surface area contributed by atoms with Gasteiger partial charge < -0.3 is 15.4 Å². The van der Waals surface area contributed by atoms with Gasteiger partial charge in [-0.1, -0.05) is 29.8 Å². The predicted octanol–water partition coefficient (Wildman–Crippen LogP) is 5.02. The van der Waals surface area contributed by atoms with Gasteiger partial charge in [0.1, 0.15) is 11.4 Å². The number of carbonyl (C=O) groups excluding carboxylic acids is 2. The summed E-state index contributed by atoms with van der Waals surface area (Å²) < 4.78 is 5.14. The van der Waals surface area contributed by atoms with Gasteiger partial charge in [0, 0.05) is 10.4 Å². The average Bonchev–Trinajstić information content (AvgIpc) is 3.26. The van der Waals surface area contributed by atoms with Gasteiger partial charge in [0.2, 0.25) is 0 Å². The molecule has 2 aromatic carbocycles. The van der Waals surface area contributed by atoms with Crippen LogP contribution in [0.15, 0.2) is 65.7 Å². The van der Waals surface area contributed by atoms with Crippen molar-refractivity contribution in [3.63, 3.8) is 0 Å². The van der Waals surface area contributed by atoms with E-state index in [1.165, 1.54) is 16.9 Å². The molecule has 0 spiro atoms. The summed E-state index contributed by atoms with van der Waals surface area (Å²) in [4.78, 5) is 26.7. The Labute approximate surface area is 186 Å². The third-order valence-electron chi connectivity index (χ3n) is 4.91. The molecule has 5 nitrogen and oxygen atoms in total. The molecule has 1 heterocycles. The lowest BCUT2D eigenvalue weighted by Gasteiger charge is -2.19. The van der Waals surface area contributed by atoms with Crippen LogP contribution in [0.2, 0.25) is 0 Å². The molecule has 160 valence electrons. The van der Waals surface area contributed by atoms with E-state index in [-0.39, 0.29) is 23.6 Å². The number of nitrogens with one attached hydrogen (secondary N) is 2. The molecule has 2 N–H and O–H groups in total. The largest absolute Gasteiger partial charge is 0.497 e. The van der Waals surface area contributed by atoms with E-state index in [4.69, 9.17) is 4.74 Å². The number of hydrogen-bond acceptors (Lipinski definition) is 4. The van der Waals surface area contributed by atoms with Gasteiger partial charge in [0.05, 0.1) is 13.2 Å². The first-order chi connectivity index (χ1) is 14.9. The van der Waals surface area contributed by atoms with Gasteiger partial charge in [-0.3, -0.25) is 9.59 Å². The summed E-state index contributed by atoms with van der Waals surface area (Å²) in [6.45, 7) is 6.00. The molecule has 1 unspecified atom stereocenters. The Morgan fingerprint density at radius 3 is 2.42 bits per heavy atom. The normalized spacial score (nSPS) is 12.2. The highest BCUT2D eigenvalue weighted by Gasteiger charge is 2.18. The van der Waals surface area contributed by atoms with Gasteiger partial charge in [-0.2, -0.15) is 0 Å². The first kappa shape index (κ1) is 22.3. The number of aryl methyl sites for hydroxylation is 2. The van der Waals surface area contributed by atoms with Crippen molar-refractivity contribution in [2.45, 2.75) is 26.8 Å². The van der Waals surface area contributed by atoms with E-state index in [1.807, 2.05) is 50.4 Å². The molecule has 1 atom stereocenters. The van der Waals surface area contributed by atoms with E-state index in [0.29, 0.717) is 11.3 Å². The van der Waals surface area contributed by atoms with Crippen LogP contribution in [-0.2, 0) is 4.79 Å². The maximum atomic E-state index is 13.1. The molecule has 0 radical (unpaired) electrons. The maximum absolute atomic E-state index is 13.1. The molecule has 3 rings (SSSR count). The van der Waals surface area contributed by atoms with E-state index in [9.17, 15) is 9.59 Å². The summed E-state index contributed by atoms with van der Waals surface area (Å²) >= 11 is 1.49. The van der Waals surface area contributed by atoms with E-state index >= 15 is 0 Å². The second-order valence-corrected chi connectivity index (χ2v) is 8.29. The molecule has 0 saturated carbocycles. The topological polar surface area (TPSA) is 67.4 Å². The van der Waals surface area contributed by atoms with Crippen LogP contribution in [0.25, 0.3) is 6.08 Å². The van der Waals surface area contributed by atoms with E-state index < -0.39 is 0 Å². The third-order valence-corrected chi connectivity index (χ3v) is 5.73. The van der Waals surface area contributed by atoms with E-state index in [2.05, 4.69) is 16.7 Å². The zero-order valence-electron chi connectivity index (χ0n) is 18.1. The number of benzene rings is 2. The molecule has 2 amide bonds. The molecule has 1 aromatic heterocycles. The number of hydrogen-bond donors (Lipinski definition) is 2. The summed E-state index contributed by atoms with van der Waals surface area (Å²) in [6, 6.07) is 16.5. The maximum Gasteiger partial charge on any atom is 0.268 e. The van der Waals surface area contributed by atoms with Gasteiger partial charge >= 0.3 is 0 Å². The van der Waals surface area contributed by atoms with E-state index in [1.54, 1.807) is 37.5 Å². The molecule has 0 fully saturated rings. The van der Waals surface area contributed by atoms with Crippen LogP contribution in [0.5, 0.6) is 5.75 Å². The molecule has 6 heteroatoms. The number of methoxy groups -OCH3 is 1. The fraction of sp³-hybridized carbons (Fsp3) is 0.200. The molecule has 0 aliphatic heterocycles. The smallest absolute Gasteiger partial charge is 0.268 e. The second kappa shape index (κ2) is 10.1. The summed E-state index contributed by atoms with van der Waals surface area (Å²) in [5.41, 5.74) is 3.95. The Morgan fingerprint density at radius 2 is 1.81 bits per heavy atom. The molecule has 0 aliphatic carbocycles. The minimum atomic E-state index is -0.361. The van der Waals surface area contributed by atoms with Gasteiger partial charge in [-0.25, -0.2) is 0 Å². The van der Waals surface area contributed by atoms with Crippen LogP contribution in [-0.4, -0.2) is 18.9 Å². The highest BCUT2D eigenvalue weighted by atomic mass is 32.1. The van der Waals surface area contributed by atoms with Gasteiger partial charge in [-0.15, -0.1) is 11.3 Å². The van der Waals surface area contributed by atoms with Crippen molar-refractivity contribution in [3.05, 3.63) is 92.8 Å². The Kier molecular flexibility index (Phi) is 7.26. The predicted molar refractivity (Wildman–Crippen MR) is 125 cm³/mol. The molecule has 0 saturated heterocycles. The Bertz CT molecular complexity index is 1090. The highest BCUT2D eigenvalue weighted by Crippen LogP contribution is 2.20. The van der Waals surface area contributed by atoms with Crippen molar-refractivity contribution < 1.29 is 14.3 Å². The SMILES string of the molecule is COc1ccc(C(=O)N/C(=C\c2cccs2)C(=O)NC(C)c2ccc(C)cc2C)cc1. The Balaban J connectivity index is 1.81. The van der Waals surface area contributed by atoms with Crippen molar-refractivity contribution in [2.75, 3.05) is 7.11 Å². The van der Waals surface area contributed by atoms with Crippen LogP contribution in [0.1, 0.15) is 44.9 Å². The lowest BCUT2D eigenvalue weighted by atomic mass is 10.0. The number of carbonyl (C=O) groups is 2. The first-order valence-electron chi connectivity index (χ1n) is 9.96. The fourth-order valence-electron chi connectivity index (χ4n) is 3.27. The Morgan fingerprint density at radius 1 is 1.06 bits per heavy atom. The number of amides is 2. The Hall–Kier alpha value is -3.38. The lowest BCUT2D eigenvalue weighted by Crippen LogP contribution is -2.36. The standard InChI is InChI=1S/C25H26N2O3S/c1-16-7-12-22(17(2)14-16)18(3)26-25(29)23(15-21-6-5-13-31-21)27-24(28)19-8-10-20(30-4)11-9-19/h5-15,18H,1-4H3,(H,26,29)(H,27,28)/b23-15-. The summed E-state index contributed by atoms with van der Waals surface area (Å²) in [6.07, 6.45) is 1.69. The number of rotatable bonds is 7. The lowest BCUT2D eigenvalue weighted by molar-refractivity contribution is -0.118. The monoisotopic (exact) mass is 434 g/mol. The molecule has 0 aliphatic rings. The van der Waals surface area contributed by atoms with Crippen molar-refractivity contribution in [1.82, 2.24) is 10.6 Å². The minimum Gasteiger partial charge on any atom is -0.497 e. The second-order valence-electron chi connectivity index (χ2n) is 7.31. The van der Waals surface area contributed by atoms with Crippen molar-refractivity contribution in [2.24, 2.45) is 0 Å². The first-order valence-corrected chi connectivity index (χ1v) is 10.8. The molecule has 31 heavy (non-hydrogen) atoms. The van der Waals surface area contributed by atoms with Gasteiger partial charge in [0.25, 0.3) is 11.8 Å². The minimum absolute atomic E-state index is 0.194. The fourth-order valence-corrected chi connectivity index (χ4v) is 3.93. The summed E-state index contributed by atoms with van der Waals surface area (Å²) in [5, 5.41) is 7.69. The third kappa shape index (κ3) is 5.83. The van der Waals surface area contributed by atoms with E-state index in [0.717, 1.165) is 16.0 Å². The van der Waals surface area contributed by atoms with Crippen LogP contribution < -0.4 is 15.4 Å². The number of thiophene rings is 1. The average molecular weight is 435 g/mol. The van der Waals surface area contributed by atoms with Crippen LogP contribution >= 0.6 is 11.3 Å². The zero-order valence-corrected chi connectivity index (χ0v) is 18.9. The molecular formula is C25H26N2O3S.